The van der Waals surface area contributed by atoms with Crippen LogP contribution in [-0.2, 0) is 9.59 Å². The van der Waals surface area contributed by atoms with E-state index in [1.807, 2.05) is 6.92 Å². The first-order valence-corrected chi connectivity index (χ1v) is 6.46. The Morgan fingerprint density at radius 2 is 2.12 bits per heavy atom. The van der Waals surface area contributed by atoms with Crippen molar-refractivity contribution in [2.45, 2.75) is 32.6 Å². The summed E-state index contributed by atoms with van der Waals surface area (Å²) in [7, 11) is 0. The minimum Gasteiger partial charge on any atom is -0.355 e. The molecule has 1 aliphatic heterocycles. The van der Waals surface area contributed by atoms with Crippen LogP contribution in [0.25, 0.3) is 0 Å². The van der Waals surface area contributed by atoms with Crippen molar-refractivity contribution in [2.24, 2.45) is 5.92 Å². The Labute approximate surface area is 103 Å². The van der Waals surface area contributed by atoms with Crippen LogP contribution in [0.1, 0.15) is 32.6 Å². The molecule has 0 aromatic rings. The van der Waals surface area contributed by atoms with Crippen LogP contribution in [0.2, 0.25) is 0 Å². The Morgan fingerprint density at radius 1 is 1.29 bits per heavy atom. The van der Waals surface area contributed by atoms with E-state index >= 15 is 0 Å². The molecular formula is C12H23N3O2. The maximum atomic E-state index is 11.6. The Bertz CT molecular complexity index is 250. The van der Waals surface area contributed by atoms with Crippen LogP contribution < -0.4 is 16.0 Å². The van der Waals surface area contributed by atoms with E-state index in [1.165, 1.54) is 0 Å². The van der Waals surface area contributed by atoms with Gasteiger partial charge in [-0.3, -0.25) is 9.59 Å². The van der Waals surface area contributed by atoms with Crippen molar-refractivity contribution >= 4 is 11.8 Å². The third kappa shape index (κ3) is 6.26. The lowest BCUT2D eigenvalue weighted by Crippen LogP contribution is -2.39. The van der Waals surface area contributed by atoms with Crippen LogP contribution >= 0.6 is 0 Å². The summed E-state index contributed by atoms with van der Waals surface area (Å²) >= 11 is 0. The second-order valence-corrected chi connectivity index (χ2v) is 4.54. The number of hydrogen-bond acceptors (Lipinski definition) is 3. The Kier molecular flexibility index (Phi) is 6.62. The van der Waals surface area contributed by atoms with Gasteiger partial charge < -0.3 is 16.0 Å². The van der Waals surface area contributed by atoms with Crippen molar-refractivity contribution in [3.8, 4) is 0 Å². The van der Waals surface area contributed by atoms with E-state index in [0.29, 0.717) is 18.9 Å². The highest BCUT2D eigenvalue weighted by atomic mass is 16.2. The Morgan fingerprint density at radius 3 is 2.76 bits per heavy atom. The fraction of sp³-hybridized carbons (Fsp3) is 0.833. The van der Waals surface area contributed by atoms with Crippen LogP contribution in [0.3, 0.4) is 0 Å². The van der Waals surface area contributed by atoms with E-state index in [9.17, 15) is 9.59 Å². The quantitative estimate of drug-likeness (QED) is 0.614. The molecule has 0 spiro atoms. The zero-order chi connectivity index (χ0) is 12.5. The number of rotatable bonds is 6. The summed E-state index contributed by atoms with van der Waals surface area (Å²) in [5.74, 6) is 0.287. The second-order valence-electron chi connectivity index (χ2n) is 4.54. The summed E-state index contributed by atoms with van der Waals surface area (Å²) < 4.78 is 0. The third-order valence-electron chi connectivity index (χ3n) is 2.89. The minimum atomic E-state index is -0.109. The molecule has 1 aliphatic rings. The highest BCUT2D eigenvalue weighted by Crippen LogP contribution is 2.13. The van der Waals surface area contributed by atoms with Crippen molar-refractivity contribution in [1.82, 2.24) is 16.0 Å². The van der Waals surface area contributed by atoms with Gasteiger partial charge in [-0.1, -0.05) is 6.92 Å². The van der Waals surface area contributed by atoms with Crippen LogP contribution in [0.4, 0.5) is 0 Å². The lowest BCUT2D eigenvalue weighted by Gasteiger charge is -2.21. The number of carbonyl (C=O) groups is 2. The van der Waals surface area contributed by atoms with Gasteiger partial charge in [0.2, 0.25) is 11.8 Å². The average Bonchev–Trinajstić information content (AvgIpc) is 2.35. The molecule has 2 amide bonds. The van der Waals surface area contributed by atoms with Crippen molar-refractivity contribution in [3.63, 3.8) is 0 Å². The average molecular weight is 241 g/mol. The van der Waals surface area contributed by atoms with Gasteiger partial charge in [0.1, 0.15) is 0 Å². The topological polar surface area (TPSA) is 70.2 Å². The van der Waals surface area contributed by atoms with Gasteiger partial charge in [0.15, 0.2) is 0 Å². The van der Waals surface area contributed by atoms with Gasteiger partial charge in [-0.05, 0) is 38.3 Å². The van der Waals surface area contributed by atoms with E-state index < -0.39 is 0 Å². The highest BCUT2D eigenvalue weighted by molar-refractivity contribution is 5.84. The number of hydrogen-bond donors (Lipinski definition) is 3. The smallest absolute Gasteiger partial charge is 0.239 e. The molecule has 1 atom stereocenters. The van der Waals surface area contributed by atoms with Gasteiger partial charge in [0, 0.05) is 13.0 Å². The van der Waals surface area contributed by atoms with Gasteiger partial charge >= 0.3 is 0 Å². The molecule has 1 unspecified atom stereocenters. The summed E-state index contributed by atoms with van der Waals surface area (Å²) in [6, 6.07) is 0. The summed E-state index contributed by atoms with van der Waals surface area (Å²) in [5, 5.41) is 8.66. The molecule has 0 aromatic heterocycles. The summed E-state index contributed by atoms with van der Waals surface area (Å²) in [6.45, 7) is 4.72. The van der Waals surface area contributed by atoms with E-state index in [4.69, 9.17) is 0 Å². The predicted octanol–water partition coefficient (Wildman–Crippen LogP) is 0.0185. The molecule has 0 saturated carbocycles. The van der Waals surface area contributed by atoms with Gasteiger partial charge in [0.25, 0.3) is 0 Å². The molecule has 5 nitrogen and oxygen atoms in total. The lowest BCUT2D eigenvalue weighted by atomic mass is 9.96. The molecule has 0 radical (unpaired) electrons. The fourth-order valence-corrected chi connectivity index (χ4v) is 1.94. The van der Waals surface area contributed by atoms with E-state index in [0.717, 1.165) is 32.4 Å². The molecule has 0 aliphatic carbocycles. The van der Waals surface area contributed by atoms with Crippen molar-refractivity contribution in [1.29, 1.82) is 0 Å². The summed E-state index contributed by atoms with van der Waals surface area (Å²) in [6.07, 6.45) is 3.67. The maximum Gasteiger partial charge on any atom is 0.239 e. The predicted molar refractivity (Wildman–Crippen MR) is 66.5 cm³/mol. The monoisotopic (exact) mass is 241 g/mol. The largest absolute Gasteiger partial charge is 0.355 e. The fourth-order valence-electron chi connectivity index (χ4n) is 1.94. The molecule has 0 aromatic carbocycles. The molecule has 1 rings (SSSR count). The maximum absolute atomic E-state index is 11.6. The molecule has 5 heteroatoms. The lowest BCUT2D eigenvalue weighted by molar-refractivity contribution is -0.126. The van der Waals surface area contributed by atoms with Crippen LogP contribution in [-0.4, -0.2) is 38.0 Å². The van der Waals surface area contributed by atoms with Crippen molar-refractivity contribution in [2.75, 3.05) is 26.2 Å². The van der Waals surface area contributed by atoms with Crippen molar-refractivity contribution in [3.05, 3.63) is 0 Å². The number of carbonyl (C=O) groups excluding carboxylic acids is 2. The van der Waals surface area contributed by atoms with Gasteiger partial charge in [-0.15, -0.1) is 0 Å². The number of amides is 2. The molecule has 1 fully saturated rings. The molecule has 98 valence electrons. The zero-order valence-electron chi connectivity index (χ0n) is 10.6. The van der Waals surface area contributed by atoms with Crippen LogP contribution in [0, 0.1) is 5.92 Å². The first-order valence-electron chi connectivity index (χ1n) is 6.46. The Hall–Kier alpha value is -1.10. The summed E-state index contributed by atoms with van der Waals surface area (Å²) in [5.41, 5.74) is 0. The molecule has 1 saturated heterocycles. The van der Waals surface area contributed by atoms with E-state index in [1.54, 1.807) is 0 Å². The molecule has 3 N–H and O–H groups in total. The van der Waals surface area contributed by atoms with Gasteiger partial charge in [-0.2, -0.15) is 0 Å². The number of piperidine rings is 1. The van der Waals surface area contributed by atoms with Crippen LogP contribution in [0.15, 0.2) is 0 Å². The van der Waals surface area contributed by atoms with Gasteiger partial charge in [-0.25, -0.2) is 0 Å². The first kappa shape index (κ1) is 14.0. The normalized spacial score (nSPS) is 19.7. The SMILES string of the molecule is CCCNC(=O)CNC(=O)CC1CCCNC1. The molecule has 0 bridgehead atoms. The molecule has 17 heavy (non-hydrogen) atoms. The second kappa shape index (κ2) is 8.06. The zero-order valence-corrected chi connectivity index (χ0v) is 10.6. The molecule has 1 heterocycles. The third-order valence-corrected chi connectivity index (χ3v) is 2.89. The van der Waals surface area contributed by atoms with Gasteiger partial charge in [0.05, 0.1) is 6.54 Å². The summed E-state index contributed by atoms with van der Waals surface area (Å²) in [4.78, 5) is 22.8. The van der Waals surface area contributed by atoms with Crippen molar-refractivity contribution < 1.29 is 9.59 Å². The Balaban J connectivity index is 2.09. The standard InChI is InChI=1S/C12H23N3O2/c1-2-5-14-12(17)9-15-11(16)7-10-4-3-6-13-8-10/h10,13H,2-9H2,1H3,(H,14,17)(H,15,16). The highest BCUT2D eigenvalue weighted by Gasteiger charge is 2.16. The van der Waals surface area contributed by atoms with Crippen LogP contribution in [0.5, 0.6) is 0 Å². The molecular weight excluding hydrogens is 218 g/mol. The first-order chi connectivity index (χ1) is 8.22. The van der Waals surface area contributed by atoms with E-state index in [2.05, 4.69) is 16.0 Å². The van der Waals surface area contributed by atoms with E-state index in [-0.39, 0.29) is 18.4 Å². The number of nitrogens with one attached hydrogen (secondary N) is 3. The minimum absolute atomic E-state index is 0.0228.